The van der Waals surface area contributed by atoms with Gasteiger partial charge in [0.05, 0.1) is 18.6 Å². The Morgan fingerprint density at radius 3 is 2.70 bits per heavy atom. The van der Waals surface area contributed by atoms with Crippen LogP contribution in [0.15, 0.2) is 18.2 Å². The SMILES string of the molecule is CCOC(=O)CN(c1ccc2c(c1)OCO2)S(C)(=O)=O. The molecule has 20 heavy (non-hydrogen) atoms. The lowest BCUT2D eigenvalue weighted by Crippen LogP contribution is -2.35. The number of sulfonamides is 1. The molecule has 0 unspecified atom stereocenters. The lowest BCUT2D eigenvalue weighted by Gasteiger charge is -2.21. The van der Waals surface area contributed by atoms with E-state index in [1.54, 1.807) is 19.1 Å². The molecule has 8 heteroatoms. The summed E-state index contributed by atoms with van der Waals surface area (Å²) in [4.78, 5) is 11.5. The zero-order chi connectivity index (χ0) is 14.8. The molecule has 1 aliphatic rings. The van der Waals surface area contributed by atoms with E-state index in [1.807, 2.05) is 0 Å². The van der Waals surface area contributed by atoms with Gasteiger partial charge in [0.1, 0.15) is 6.54 Å². The number of anilines is 1. The highest BCUT2D eigenvalue weighted by Crippen LogP contribution is 2.36. The molecule has 0 aliphatic carbocycles. The van der Waals surface area contributed by atoms with Gasteiger partial charge in [0.15, 0.2) is 11.5 Å². The van der Waals surface area contributed by atoms with Crippen molar-refractivity contribution in [2.45, 2.75) is 6.92 Å². The van der Waals surface area contributed by atoms with Crippen LogP contribution in [-0.2, 0) is 19.6 Å². The molecule has 0 aromatic heterocycles. The first-order valence-electron chi connectivity index (χ1n) is 5.95. The average molecular weight is 301 g/mol. The largest absolute Gasteiger partial charge is 0.465 e. The number of carbonyl (C=O) groups excluding carboxylic acids is 1. The van der Waals surface area contributed by atoms with Crippen molar-refractivity contribution in [3.05, 3.63) is 18.2 Å². The maximum atomic E-state index is 11.8. The smallest absolute Gasteiger partial charge is 0.326 e. The number of hydrogen-bond acceptors (Lipinski definition) is 6. The van der Waals surface area contributed by atoms with Gasteiger partial charge in [-0.25, -0.2) is 8.42 Å². The van der Waals surface area contributed by atoms with E-state index in [0.717, 1.165) is 10.6 Å². The van der Waals surface area contributed by atoms with Crippen LogP contribution in [0.5, 0.6) is 11.5 Å². The van der Waals surface area contributed by atoms with Crippen molar-refractivity contribution in [2.24, 2.45) is 0 Å². The van der Waals surface area contributed by atoms with Crippen LogP contribution < -0.4 is 13.8 Å². The molecule has 0 fully saturated rings. The first-order valence-corrected chi connectivity index (χ1v) is 7.79. The van der Waals surface area contributed by atoms with Gasteiger partial charge in [-0.1, -0.05) is 0 Å². The first kappa shape index (κ1) is 14.4. The Morgan fingerprint density at radius 2 is 2.05 bits per heavy atom. The summed E-state index contributed by atoms with van der Waals surface area (Å²) >= 11 is 0. The van der Waals surface area contributed by atoms with Crippen molar-refractivity contribution >= 4 is 21.7 Å². The Kier molecular flexibility index (Phi) is 4.03. The van der Waals surface area contributed by atoms with E-state index in [2.05, 4.69) is 0 Å². The Labute approximate surface area is 117 Å². The van der Waals surface area contributed by atoms with Crippen LogP contribution in [0.2, 0.25) is 0 Å². The highest BCUT2D eigenvalue weighted by Gasteiger charge is 2.24. The summed E-state index contributed by atoms with van der Waals surface area (Å²) in [5.74, 6) is 0.369. The molecule has 0 saturated carbocycles. The third-order valence-electron chi connectivity index (χ3n) is 2.62. The van der Waals surface area contributed by atoms with Crippen LogP contribution >= 0.6 is 0 Å². The van der Waals surface area contributed by atoms with Crippen molar-refractivity contribution in [1.82, 2.24) is 0 Å². The summed E-state index contributed by atoms with van der Waals surface area (Å²) in [7, 11) is -3.61. The molecular formula is C12H15NO6S. The molecule has 1 aromatic rings. The maximum absolute atomic E-state index is 11.8. The van der Waals surface area contributed by atoms with E-state index in [1.165, 1.54) is 6.07 Å². The van der Waals surface area contributed by atoms with Gasteiger partial charge in [-0.15, -0.1) is 0 Å². The second-order valence-corrected chi connectivity index (χ2v) is 6.02. The highest BCUT2D eigenvalue weighted by molar-refractivity contribution is 7.92. The number of nitrogens with zero attached hydrogens (tertiary/aromatic N) is 1. The van der Waals surface area contributed by atoms with Gasteiger partial charge in [0, 0.05) is 6.07 Å². The molecule has 0 spiro atoms. The molecular weight excluding hydrogens is 286 g/mol. The molecule has 0 saturated heterocycles. The van der Waals surface area contributed by atoms with Gasteiger partial charge < -0.3 is 14.2 Å². The van der Waals surface area contributed by atoms with Crippen LogP contribution in [-0.4, -0.2) is 40.6 Å². The van der Waals surface area contributed by atoms with Crippen LogP contribution in [0.4, 0.5) is 5.69 Å². The molecule has 0 bridgehead atoms. The maximum Gasteiger partial charge on any atom is 0.326 e. The van der Waals surface area contributed by atoms with Crippen molar-refractivity contribution in [1.29, 1.82) is 0 Å². The third kappa shape index (κ3) is 3.13. The third-order valence-corrected chi connectivity index (χ3v) is 3.76. The minimum Gasteiger partial charge on any atom is -0.465 e. The fourth-order valence-electron chi connectivity index (χ4n) is 1.76. The molecule has 2 rings (SSSR count). The highest BCUT2D eigenvalue weighted by atomic mass is 32.2. The number of rotatable bonds is 5. The Hall–Kier alpha value is -1.96. The molecule has 0 radical (unpaired) electrons. The molecule has 0 atom stereocenters. The summed E-state index contributed by atoms with van der Waals surface area (Å²) < 4.78 is 39.7. The number of carbonyl (C=O) groups is 1. The molecule has 0 amide bonds. The number of hydrogen-bond donors (Lipinski definition) is 0. The monoisotopic (exact) mass is 301 g/mol. The Balaban J connectivity index is 2.30. The zero-order valence-corrected chi connectivity index (χ0v) is 12.0. The van der Waals surface area contributed by atoms with Gasteiger partial charge in [0.25, 0.3) is 0 Å². The van der Waals surface area contributed by atoms with E-state index in [0.29, 0.717) is 17.2 Å². The number of esters is 1. The van der Waals surface area contributed by atoms with Crippen molar-refractivity contribution in [3.63, 3.8) is 0 Å². The minimum absolute atomic E-state index is 0.0928. The lowest BCUT2D eigenvalue weighted by atomic mass is 10.3. The van der Waals surface area contributed by atoms with Crippen LogP contribution in [0.3, 0.4) is 0 Å². The Morgan fingerprint density at radius 1 is 1.35 bits per heavy atom. The number of fused-ring (bicyclic) bond motifs is 1. The van der Waals surface area contributed by atoms with Gasteiger partial charge in [-0.2, -0.15) is 0 Å². The zero-order valence-electron chi connectivity index (χ0n) is 11.2. The fraction of sp³-hybridized carbons (Fsp3) is 0.417. The molecule has 7 nitrogen and oxygen atoms in total. The van der Waals surface area contributed by atoms with E-state index >= 15 is 0 Å². The molecule has 0 N–H and O–H groups in total. The van der Waals surface area contributed by atoms with Gasteiger partial charge in [0.2, 0.25) is 16.8 Å². The fourth-order valence-corrected chi connectivity index (χ4v) is 2.60. The number of ether oxygens (including phenoxy) is 3. The normalized spacial score (nSPS) is 13.1. The van der Waals surface area contributed by atoms with Crippen molar-refractivity contribution < 1.29 is 27.4 Å². The topological polar surface area (TPSA) is 82.1 Å². The van der Waals surface area contributed by atoms with Gasteiger partial charge in [-0.3, -0.25) is 9.10 Å². The predicted octanol–water partition coefficient (Wildman–Crippen LogP) is 0.744. The summed E-state index contributed by atoms with van der Waals surface area (Å²) in [5, 5.41) is 0. The Bertz CT molecular complexity index is 612. The average Bonchev–Trinajstić information content (AvgIpc) is 2.82. The summed E-state index contributed by atoms with van der Waals surface area (Å²) in [6.07, 6.45) is 1.02. The minimum atomic E-state index is -3.61. The molecule has 1 aromatic carbocycles. The van der Waals surface area contributed by atoms with E-state index < -0.39 is 16.0 Å². The molecule has 1 heterocycles. The molecule has 1 aliphatic heterocycles. The second kappa shape index (κ2) is 5.58. The lowest BCUT2D eigenvalue weighted by molar-refractivity contribution is -0.141. The quantitative estimate of drug-likeness (QED) is 0.746. The van der Waals surface area contributed by atoms with E-state index in [4.69, 9.17) is 14.2 Å². The van der Waals surface area contributed by atoms with Crippen LogP contribution in [0, 0.1) is 0 Å². The van der Waals surface area contributed by atoms with E-state index in [-0.39, 0.29) is 19.9 Å². The van der Waals surface area contributed by atoms with Gasteiger partial charge in [-0.05, 0) is 19.1 Å². The molecule has 110 valence electrons. The van der Waals surface area contributed by atoms with Crippen molar-refractivity contribution in [2.75, 3.05) is 30.5 Å². The van der Waals surface area contributed by atoms with Crippen LogP contribution in [0.1, 0.15) is 6.92 Å². The summed E-state index contributed by atoms with van der Waals surface area (Å²) in [5.41, 5.74) is 0.324. The summed E-state index contributed by atoms with van der Waals surface area (Å²) in [6, 6.07) is 4.66. The van der Waals surface area contributed by atoms with Crippen molar-refractivity contribution in [3.8, 4) is 11.5 Å². The summed E-state index contributed by atoms with van der Waals surface area (Å²) in [6.45, 7) is 1.56. The first-order chi connectivity index (χ1) is 9.41. The number of benzene rings is 1. The second-order valence-electron chi connectivity index (χ2n) is 4.11. The standard InChI is InChI=1S/C12H15NO6S/c1-3-17-12(14)7-13(20(2,15)16)9-4-5-10-11(6-9)19-8-18-10/h4-6H,3,7-8H2,1-2H3. The van der Waals surface area contributed by atoms with E-state index in [9.17, 15) is 13.2 Å². The van der Waals surface area contributed by atoms with Gasteiger partial charge >= 0.3 is 5.97 Å². The van der Waals surface area contributed by atoms with Crippen LogP contribution in [0.25, 0.3) is 0 Å². The predicted molar refractivity (Wildman–Crippen MR) is 71.4 cm³/mol.